The molecule has 114 valence electrons. The SMILES string of the molecule is Cc1nc(NC2CCCC2)cc(C(=O)NC2CCCC2)n1. The van der Waals surface area contributed by atoms with E-state index in [4.69, 9.17) is 0 Å². The third-order valence-corrected chi connectivity index (χ3v) is 4.47. The lowest BCUT2D eigenvalue weighted by molar-refractivity contribution is 0.0932. The predicted molar refractivity (Wildman–Crippen MR) is 82.4 cm³/mol. The third-order valence-electron chi connectivity index (χ3n) is 4.47. The molecule has 2 aliphatic carbocycles. The van der Waals surface area contributed by atoms with Gasteiger partial charge in [-0.1, -0.05) is 25.7 Å². The van der Waals surface area contributed by atoms with Crippen molar-refractivity contribution in [3.63, 3.8) is 0 Å². The van der Waals surface area contributed by atoms with E-state index in [-0.39, 0.29) is 5.91 Å². The lowest BCUT2D eigenvalue weighted by Crippen LogP contribution is -2.33. The summed E-state index contributed by atoms with van der Waals surface area (Å²) in [6, 6.07) is 2.60. The van der Waals surface area contributed by atoms with Gasteiger partial charge in [-0.15, -0.1) is 0 Å². The Morgan fingerprint density at radius 2 is 1.67 bits per heavy atom. The fraction of sp³-hybridized carbons (Fsp3) is 0.688. The van der Waals surface area contributed by atoms with Crippen LogP contribution in [0.3, 0.4) is 0 Å². The summed E-state index contributed by atoms with van der Waals surface area (Å²) in [5, 5.41) is 6.53. The first-order valence-corrected chi connectivity index (χ1v) is 8.14. The lowest BCUT2D eigenvalue weighted by atomic mass is 10.2. The van der Waals surface area contributed by atoms with Crippen molar-refractivity contribution in [3.8, 4) is 0 Å². The summed E-state index contributed by atoms with van der Waals surface area (Å²) >= 11 is 0. The van der Waals surface area contributed by atoms with Gasteiger partial charge in [-0.2, -0.15) is 0 Å². The molecule has 0 aromatic carbocycles. The summed E-state index contributed by atoms with van der Waals surface area (Å²) in [4.78, 5) is 21.0. The minimum atomic E-state index is -0.0677. The molecule has 5 heteroatoms. The van der Waals surface area contributed by atoms with E-state index < -0.39 is 0 Å². The summed E-state index contributed by atoms with van der Waals surface area (Å²) in [6.45, 7) is 1.84. The minimum Gasteiger partial charge on any atom is -0.367 e. The van der Waals surface area contributed by atoms with E-state index in [1.54, 1.807) is 6.07 Å². The lowest BCUT2D eigenvalue weighted by Gasteiger charge is -2.15. The van der Waals surface area contributed by atoms with Crippen LogP contribution in [0.15, 0.2) is 6.07 Å². The van der Waals surface area contributed by atoms with Gasteiger partial charge in [-0.25, -0.2) is 9.97 Å². The summed E-state index contributed by atoms with van der Waals surface area (Å²) in [5.74, 6) is 1.36. The molecule has 2 aliphatic rings. The second-order valence-corrected chi connectivity index (χ2v) is 6.27. The Bertz CT molecular complexity index is 505. The molecule has 1 aromatic rings. The number of nitrogens with zero attached hydrogens (tertiary/aromatic N) is 2. The molecule has 21 heavy (non-hydrogen) atoms. The highest BCUT2D eigenvalue weighted by Gasteiger charge is 2.20. The van der Waals surface area contributed by atoms with Gasteiger partial charge in [-0.05, 0) is 32.6 Å². The van der Waals surface area contributed by atoms with Crippen molar-refractivity contribution in [2.75, 3.05) is 5.32 Å². The van der Waals surface area contributed by atoms with Crippen LogP contribution in [-0.2, 0) is 0 Å². The number of hydrogen-bond donors (Lipinski definition) is 2. The highest BCUT2D eigenvalue weighted by Crippen LogP contribution is 2.22. The number of amides is 1. The first kappa shape index (κ1) is 14.3. The second kappa shape index (κ2) is 6.41. The Morgan fingerprint density at radius 3 is 2.33 bits per heavy atom. The molecule has 1 heterocycles. The van der Waals surface area contributed by atoms with Gasteiger partial charge < -0.3 is 10.6 Å². The standard InChI is InChI=1S/C16H24N4O/c1-11-17-14(16(21)20-13-8-4-5-9-13)10-15(18-11)19-12-6-2-3-7-12/h10,12-13H,2-9H2,1H3,(H,20,21)(H,17,18,19). The first-order chi connectivity index (χ1) is 10.2. The zero-order valence-electron chi connectivity index (χ0n) is 12.7. The molecule has 2 saturated carbocycles. The number of aromatic nitrogens is 2. The number of nitrogens with one attached hydrogen (secondary N) is 2. The number of hydrogen-bond acceptors (Lipinski definition) is 4. The summed E-state index contributed by atoms with van der Waals surface area (Å²) in [5.41, 5.74) is 0.481. The van der Waals surface area contributed by atoms with Gasteiger partial charge in [-0.3, -0.25) is 4.79 Å². The van der Waals surface area contributed by atoms with Crippen LogP contribution >= 0.6 is 0 Å². The number of rotatable bonds is 4. The maximum Gasteiger partial charge on any atom is 0.270 e. The predicted octanol–water partition coefficient (Wildman–Crippen LogP) is 2.81. The van der Waals surface area contributed by atoms with Gasteiger partial charge >= 0.3 is 0 Å². The fourth-order valence-electron chi connectivity index (χ4n) is 3.37. The zero-order valence-corrected chi connectivity index (χ0v) is 12.7. The highest BCUT2D eigenvalue weighted by atomic mass is 16.1. The van der Waals surface area contributed by atoms with Gasteiger partial charge in [0.15, 0.2) is 0 Å². The van der Waals surface area contributed by atoms with E-state index in [2.05, 4.69) is 20.6 Å². The quantitative estimate of drug-likeness (QED) is 0.894. The van der Waals surface area contributed by atoms with Crippen molar-refractivity contribution in [3.05, 3.63) is 17.6 Å². The van der Waals surface area contributed by atoms with E-state index in [0.29, 0.717) is 23.6 Å². The monoisotopic (exact) mass is 288 g/mol. The smallest absolute Gasteiger partial charge is 0.270 e. The molecule has 0 bridgehead atoms. The van der Waals surface area contributed by atoms with Crippen LogP contribution in [0, 0.1) is 6.92 Å². The Morgan fingerprint density at radius 1 is 1.05 bits per heavy atom. The van der Waals surface area contributed by atoms with E-state index >= 15 is 0 Å². The summed E-state index contributed by atoms with van der Waals surface area (Å²) < 4.78 is 0. The summed E-state index contributed by atoms with van der Waals surface area (Å²) in [7, 11) is 0. The number of carbonyl (C=O) groups excluding carboxylic acids is 1. The van der Waals surface area contributed by atoms with Crippen LogP contribution < -0.4 is 10.6 Å². The largest absolute Gasteiger partial charge is 0.367 e. The zero-order chi connectivity index (χ0) is 14.7. The van der Waals surface area contributed by atoms with Crippen molar-refractivity contribution in [1.29, 1.82) is 0 Å². The molecule has 1 aromatic heterocycles. The average Bonchev–Trinajstić information content (AvgIpc) is 3.11. The van der Waals surface area contributed by atoms with Gasteiger partial charge in [0.05, 0.1) is 0 Å². The molecule has 0 atom stereocenters. The van der Waals surface area contributed by atoms with E-state index in [1.165, 1.54) is 38.5 Å². The molecule has 2 N–H and O–H groups in total. The van der Waals surface area contributed by atoms with Crippen LogP contribution in [0.1, 0.15) is 67.7 Å². The highest BCUT2D eigenvalue weighted by molar-refractivity contribution is 5.93. The molecule has 0 aliphatic heterocycles. The van der Waals surface area contributed by atoms with Crippen LogP contribution in [0.25, 0.3) is 0 Å². The summed E-state index contributed by atoms with van der Waals surface area (Å²) in [6.07, 6.45) is 9.52. The maximum atomic E-state index is 12.3. The minimum absolute atomic E-state index is 0.0677. The molecule has 0 unspecified atom stereocenters. The number of carbonyl (C=O) groups is 1. The maximum absolute atomic E-state index is 12.3. The van der Waals surface area contributed by atoms with E-state index in [1.807, 2.05) is 6.92 Å². The van der Waals surface area contributed by atoms with E-state index in [9.17, 15) is 4.79 Å². The van der Waals surface area contributed by atoms with Crippen LogP contribution in [0.2, 0.25) is 0 Å². The molecule has 5 nitrogen and oxygen atoms in total. The Hall–Kier alpha value is -1.65. The Balaban J connectivity index is 1.68. The van der Waals surface area contributed by atoms with Gasteiger partial charge in [0.1, 0.15) is 17.3 Å². The number of aryl methyl sites for hydroxylation is 1. The molecule has 2 fully saturated rings. The van der Waals surface area contributed by atoms with Crippen LogP contribution in [0.5, 0.6) is 0 Å². The third kappa shape index (κ3) is 3.71. The van der Waals surface area contributed by atoms with Crippen molar-refractivity contribution in [2.45, 2.75) is 70.4 Å². The molecule has 0 spiro atoms. The van der Waals surface area contributed by atoms with Gasteiger partial charge in [0.2, 0.25) is 0 Å². The Labute approximate surface area is 125 Å². The van der Waals surface area contributed by atoms with Gasteiger partial charge in [0.25, 0.3) is 5.91 Å². The molecule has 1 amide bonds. The molecule has 0 saturated heterocycles. The number of anilines is 1. The first-order valence-electron chi connectivity index (χ1n) is 8.14. The molecular formula is C16H24N4O. The Kier molecular flexibility index (Phi) is 4.36. The van der Waals surface area contributed by atoms with Crippen LogP contribution in [0.4, 0.5) is 5.82 Å². The van der Waals surface area contributed by atoms with Crippen molar-refractivity contribution < 1.29 is 4.79 Å². The van der Waals surface area contributed by atoms with Crippen molar-refractivity contribution >= 4 is 11.7 Å². The van der Waals surface area contributed by atoms with Crippen molar-refractivity contribution in [2.24, 2.45) is 0 Å². The van der Waals surface area contributed by atoms with Crippen LogP contribution in [-0.4, -0.2) is 28.0 Å². The van der Waals surface area contributed by atoms with Crippen molar-refractivity contribution in [1.82, 2.24) is 15.3 Å². The second-order valence-electron chi connectivity index (χ2n) is 6.27. The molecule has 3 rings (SSSR count). The topological polar surface area (TPSA) is 66.9 Å². The normalized spacial score (nSPS) is 19.9. The van der Waals surface area contributed by atoms with E-state index in [0.717, 1.165) is 18.7 Å². The van der Waals surface area contributed by atoms with Gasteiger partial charge in [0, 0.05) is 18.2 Å². The molecule has 0 radical (unpaired) electrons. The average molecular weight is 288 g/mol. The molecular weight excluding hydrogens is 264 g/mol. The fourth-order valence-corrected chi connectivity index (χ4v) is 3.37.